The second-order valence-electron chi connectivity index (χ2n) is 6.63. The summed E-state index contributed by atoms with van der Waals surface area (Å²) in [5.74, 6) is 2.65. The number of furan rings is 1. The Kier molecular flexibility index (Phi) is 4.67. The first kappa shape index (κ1) is 15.1. The van der Waals surface area contributed by atoms with Crippen molar-refractivity contribution < 1.29 is 13.9 Å². The Morgan fingerprint density at radius 3 is 2.76 bits per heavy atom. The molecule has 0 radical (unpaired) electrons. The Morgan fingerprint density at radius 2 is 2.10 bits per heavy atom. The molecule has 2 fully saturated rings. The molecule has 0 saturated carbocycles. The summed E-state index contributed by atoms with van der Waals surface area (Å²) in [6.07, 6.45) is 3.70. The Morgan fingerprint density at radius 1 is 1.29 bits per heavy atom. The molecule has 2 aliphatic rings. The van der Waals surface area contributed by atoms with Gasteiger partial charge in [0, 0.05) is 19.6 Å². The quantitative estimate of drug-likeness (QED) is 0.855. The zero-order valence-corrected chi connectivity index (χ0v) is 13.3. The third-order valence-corrected chi connectivity index (χ3v) is 5.32. The Labute approximate surface area is 127 Å². The van der Waals surface area contributed by atoms with Gasteiger partial charge in [-0.05, 0) is 56.8 Å². The normalized spacial score (nSPS) is 26.3. The minimum Gasteiger partial charge on any atom is -0.465 e. The number of hydrogen-bond acceptors (Lipinski definition) is 4. The van der Waals surface area contributed by atoms with Crippen LogP contribution in [0.1, 0.15) is 30.8 Å². The Hall–Kier alpha value is -0.840. The van der Waals surface area contributed by atoms with Crippen molar-refractivity contribution in [2.24, 2.45) is 11.3 Å². The summed E-state index contributed by atoms with van der Waals surface area (Å²) in [6.45, 7) is 7.86. The lowest BCUT2D eigenvalue weighted by atomic mass is 9.66. The molecule has 0 aliphatic carbocycles. The van der Waals surface area contributed by atoms with E-state index in [9.17, 15) is 0 Å². The highest BCUT2D eigenvalue weighted by Crippen LogP contribution is 2.44. The number of likely N-dealkylation sites (tertiary alicyclic amines) is 1. The minimum atomic E-state index is 0.434. The predicted octanol–water partition coefficient (Wildman–Crippen LogP) is 2.85. The van der Waals surface area contributed by atoms with Crippen LogP contribution in [0.2, 0.25) is 0 Å². The third kappa shape index (κ3) is 3.33. The monoisotopic (exact) mass is 293 g/mol. The SMILES string of the molecule is COC[C@@H]1COCCC12CCN(Cc1ccc(C)o1)CC2. The van der Waals surface area contributed by atoms with Gasteiger partial charge in [0.15, 0.2) is 0 Å². The zero-order chi connectivity index (χ0) is 14.7. The number of rotatable bonds is 4. The van der Waals surface area contributed by atoms with E-state index in [1.807, 2.05) is 13.0 Å². The van der Waals surface area contributed by atoms with Crippen molar-refractivity contribution in [2.75, 3.05) is 40.0 Å². The largest absolute Gasteiger partial charge is 0.465 e. The van der Waals surface area contributed by atoms with Crippen LogP contribution in [0.3, 0.4) is 0 Å². The van der Waals surface area contributed by atoms with Gasteiger partial charge in [0.05, 0.1) is 19.8 Å². The van der Waals surface area contributed by atoms with Gasteiger partial charge in [-0.3, -0.25) is 4.90 Å². The lowest BCUT2D eigenvalue weighted by molar-refractivity contribution is -0.0954. The summed E-state index contributed by atoms with van der Waals surface area (Å²) in [6, 6.07) is 4.15. The van der Waals surface area contributed by atoms with E-state index in [2.05, 4.69) is 11.0 Å². The fourth-order valence-corrected chi connectivity index (χ4v) is 3.91. The molecule has 118 valence electrons. The molecule has 1 aromatic heterocycles. The lowest BCUT2D eigenvalue weighted by Crippen LogP contribution is -2.49. The van der Waals surface area contributed by atoms with Crippen LogP contribution in [0.15, 0.2) is 16.5 Å². The van der Waals surface area contributed by atoms with Gasteiger partial charge in [-0.15, -0.1) is 0 Å². The van der Waals surface area contributed by atoms with Crippen LogP contribution in [-0.4, -0.2) is 44.9 Å². The standard InChI is InChI=1S/C17H27NO3/c1-14-3-4-16(21-14)11-18-8-5-17(6-9-18)7-10-20-13-15(17)12-19-2/h3-4,15H,5-13H2,1-2H3/t15-/m1/s1. The summed E-state index contributed by atoms with van der Waals surface area (Å²) in [5, 5.41) is 0. The maximum atomic E-state index is 5.70. The van der Waals surface area contributed by atoms with Gasteiger partial charge in [0.2, 0.25) is 0 Å². The van der Waals surface area contributed by atoms with Crippen molar-refractivity contribution >= 4 is 0 Å². The first-order valence-electron chi connectivity index (χ1n) is 8.06. The summed E-state index contributed by atoms with van der Waals surface area (Å²) in [4.78, 5) is 2.52. The second kappa shape index (κ2) is 6.51. The molecule has 4 heteroatoms. The molecule has 1 aromatic rings. The smallest absolute Gasteiger partial charge is 0.118 e. The van der Waals surface area contributed by atoms with Crippen LogP contribution >= 0.6 is 0 Å². The maximum Gasteiger partial charge on any atom is 0.118 e. The average molecular weight is 293 g/mol. The van der Waals surface area contributed by atoms with Gasteiger partial charge in [-0.25, -0.2) is 0 Å². The molecule has 3 rings (SSSR count). The molecule has 0 unspecified atom stereocenters. The van der Waals surface area contributed by atoms with Crippen molar-refractivity contribution in [3.8, 4) is 0 Å². The van der Waals surface area contributed by atoms with Crippen molar-refractivity contribution in [1.82, 2.24) is 4.90 Å². The number of ether oxygens (including phenoxy) is 2. The van der Waals surface area contributed by atoms with Gasteiger partial charge in [-0.2, -0.15) is 0 Å². The first-order chi connectivity index (χ1) is 10.2. The number of methoxy groups -OCH3 is 1. The number of piperidine rings is 1. The van der Waals surface area contributed by atoms with Crippen molar-refractivity contribution in [3.63, 3.8) is 0 Å². The van der Waals surface area contributed by atoms with E-state index >= 15 is 0 Å². The molecule has 0 N–H and O–H groups in total. The topological polar surface area (TPSA) is 34.8 Å². The van der Waals surface area contributed by atoms with Crippen LogP contribution in [0, 0.1) is 18.3 Å². The van der Waals surface area contributed by atoms with E-state index in [1.165, 1.54) is 19.3 Å². The van der Waals surface area contributed by atoms with Gasteiger partial charge in [0.25, 0.3) is 0 Å². The molecule has 0 aromatic carbocycles. The Balaban J connectivity index is 1.58. The van der Waals surface area contributed by atoms with E-state index in [1.54, 1.807) is 7.11 Å². The molecule has 1 spiro atoms. The molecule has 2 saturated heterocycles. The average Bonchev–Trinajstić information content (AvgIpc) is 2.90. The van der Waals surface area contributed by atoms with Gasteiger partial charge >= 0.3 is 0 Å². The van der Waals surface area contributed by atoms with E-state index in [0.29, 0.717) is 11.3 Å². The highest BCUT2D eigenvalue weighted by molar-refractivity contribution is 5.06. The molecule has 3 heterocycles. The fourth-order valence-electron chi connectivity index (χ4n) is 3.91. The second-order valence-corrected chi connectivity index (χ2v) is 6.63. The summed E-state index contributed by atoms with van der Waals surface area (Å²) < 4.78 is 16.8. The van der Waals surface area contributed by atoms with Crippen LogP contribution in [0.4, 0.5) is 0 Å². The van der Waals surface area contributed by atoms with Gasteiger partial charge in [0.1, 0.15) is 11.5 Å². The molecule has 1 atom stereocenters. The molecule has 0 amide bonds. The fraction of sp³-hybridized carbons (Fsp3) is 0.765. The highest BCUT2D eigenvalue weighted by atomic mass is 16.5. The molecule has 4 nitrogen and oxygen atoms in total. The predicted molar refractivity (Wildman–Crippen MR) is 81.2 cm³/mol. The molecule has 21 heavy (non-hydrogen) atoms. The number of nitrogens with zero attached hydrogens (tertiary/aromatic N) is 1. The van der Waals surface area contributed by atoms with Gasteiger partial charge in [-0.1, -0.05) is 0 Å². The van der Waals surface area contributed by atoms with Crippen molar-refractivity contribution in [3.05, 3.63) is 23.7 Å². The van der Waals surface area contributed by atoms with E-state index in [-0.39, 0.29) is 0 Å². The van der Waals surface area contributed by atoms with E-state index < -0.39 is 0 Å². The third-order valence-electron chi connectivity index (χ3n) is 5.32. The maximum absolute atomic E-state index is 5.70. The molecule has 2 aliphatic heterocycles. The van der Waals surface area contributed by atoms with Crippen LogP contribution < -0.4 is 0 Å². The zero-order valence-electron chi connectivity index (χ0n) is 13.3. The number of aryl methyl sites for hydroxylation is 1. The Bertz CT molecular complexity index is 447. The van der Waals surface area contributed by atoms with Crippen LogP contribution in [0.25, 0.3) is 0 Å². The molecule has 0 bridgehead atoms. The summed E-state index contributed by atoms with van der Waals surface area (Å²) in [5.41, 5.74) is 0.434. The van der Waals surface area contributed by atoms with Crippen molar-refractivity contribution in [1.29, 1.82) is 0 Å². The lowest BCUT2D eigenvalue weighted by Gasteiger charge is -2.48. The van der Waals surface area contributed by atoms with Gasteiger partial charge < -0.3 is 13.9 Å². The number of hydrogen-bond donors (Lipinski definition) is 0. The summed E-state index contributed by atoms with van der Waals surface area (Å²) >= 11 is 0. The minimum absolute atomic E-state index is 0.434. The van der Waals surface area contributed by atoms with Crippen LogP contribution in [-0.2, 0) is 16.0 Å². The highest BCUT2D eigenvalue weighted by Gasteiger charge is 2.43. The summed E-state index contributed by atoms with van der Waals surface area (Å²) in [7, 11) is 1.80. The van der Waals surface area contributed by atoms with Crippen molar-refractivity contribution in [2.45, 2.75) is 32.7 Å². The van der Waals surface area contributed by atoms with Crippen LogP contribution in [0.5, 0.6) is 0 Å². The molecular weight excluding hydrogens is 266 g/mol. The molecular formula is C17H27NO3. The van der Waals surface area contributed by atoms with E-state index in [4.69, 9.17) is 13.9 Å². The first-order valence-corrected chi connectivity index (χ1v) is 8.06. The van der Waals surface area contributed by atoms with E-state index in [0.717, 1.165) is 51.0 Å².